The van der Waals surface area contributed by atoms with Crippen LogP contribution in [0, 0.1) is 0 Å². The molecule has 0 bridgehead atoms. The van der Waals surface area contributed by atoms with E-state index in [2.05, 4.69) is 21.8 Å². The van der Waals surface area contributed by atoms with Gasteiger partial charge in [0.1, 0.15) is 12.1 Å². The second-order valence-corrected chi connectivity index (χ2v) is 9.28. The number of anilines is 1. The fourth-order valence-electron chi connectivity index (χ4n) is 3.87. The van der Waals surface area contributed by atoms with Crippen molar-refractivity contribution in [3.05, 3.63) is 48.4 Å². The predicted molar refractivity (Wildman–Crippen MR) is 105 cm³/mol. The summed E-state index contributed by atoms with van der Waals surface area (Å²) in [7, 11) is -3.42. The zero-order valence-electron chi connectivity index (χ0n) is 15.7. The lowest BCUT2D eigenvalue weighted by molar-refractivity contribution is 0.308. The van der Waals surface area contributed by atoms with Crippen LogP contribution in [0.15, 0.2) is 47.8 Å². The zero-order valence-corrected chi connectivity index (χ0v) is 16.5. The van der Waals surface area contributed by atoms with E-state index in [1.807, 2.05) is 18.2 Å². The quantitative estimate of drug-likeness (QED) is 0.764. The molecule has 0 unspecified atom stereocenters. The molecule has 0 radical (unpaired) electrons. The lowest BCUT2D eigenvalue weighted by Gasteiger charge is -2.38. The van der Waals surface area contributed by atoms with Gasteiger partial charge >= 0.3 is 0 Å². The van der Waals surface area contributed by atoms with Gasteiger partial charge in [-0.2, -0.15) is 4.31 Å². The van der Waals surface area contributed by atoms with E-state index in [1.165, 1.54) is 12.8 Å². The number of nitrogens with zero attached hydrogens (tertiary/aromatic N) is 4. The second kappa shape index (κ2) is 7.56. The van der Waals surface area contributed by atoms with Crippen LogP contribution in [0.4, 0.5) is 5.82 Å². The first kappa shape index (κ1) is 18.4. The van der Waals surface area contributed by atoms with Crippen LogP contribution in [-0.4, -0.2) is 47.9 Å². The molecule has 1 saturated carbocycles. The lowest BCUT2D eigenvalue weighted by atomic mass is 10.0. The number of aryl methyl sites for hydroxylation is 1. The standard InChI is InChI=1S/C20H26N4O2S/c1-2-16-3-7-19(8-4-16)27(25,26)23-13-10-18(11-14-23)24(17-5-6-17)20-9-12-21-15-22-20/h3-4,7-9,12,15,17-18H,2,5-6,10-11,13-14H2,1H3. The Morgan fingerprint density at radius 2 is 1.70 bits per heavy atom. The van der Waals surface area contributed by atoms with Crippen LogP contribution in [0.2, 0.25) is 0 Å². The fourth-order valence-corrected chi connectivity index (χ4v) is 5.34. The third kappa shape index (κ3) is 3.84. The Hall–Kier alpha value is -1.99. The maximum atomic E-state index is 13.0. The summed E-state index contributed by atoms with van der Waals surface area (Å²) in [6.07, 6.45) is 8.30. The molecule has 27 heavy (non-hydrogen) atoms. The van der Waals surface area contributed by atoms with Crippen LogP contribution < -0.4 is 4.90 Å². The van der Waals surface area contributed by atoms with E-state index in [0.717, 1.165) is 30.6 Å². The molecule has 0 amide bonds. The Balaban J connectivity index is 1.46. The summed E-state index contributed by atoms with van der Waals surface area (Å²) in [5.41, 5.74) is 1.15. The van der Waals surface area contributed by atoms with E-state index in [-0.39, 0.29) is 0 Å². The molecule has 1 saturated heterocycles. The molecule has 2 aromatic rings. The molecule has 4 rings (SSSR count). The molecule has 2 heterocycles. The first-order valence-corrected chi connectivity index (χ1v) is 11.2. The molecule has 7 heteroatoms. The molecule has 2 aliphatic rings. The van der Waals surface area contributed by atoms with Crippen LogP contribution in [0.1, 0.15) is 38.2 Å². The van der Waals surface area contributed by atoms with E-state index in [4.69, 9.17) is 0 Å². The van der Waals surface area contributed by atoms with Gasteiger partial charge in [-0.05, 0) is 55.9 Å². The van der Waals surface area contributed by atoms with Gasteiger partial charge in [0.2, 0.25) is 10.0 Å². The summed E-state index contributed by atoms with van der Waals surface area (Å²) in [6, 6.07) is 10.1. The summed E-state index contributed by atoms with van der Waals surface area (Å²) in [4.78, 5) is 11.2. The van der Waals surface area contributed by atoms with Crippen LogP contribution in [0.25, 0.3) is 0 Å². The molecule has 0 atom stereocenters. The Kier molecular flexibility index (Phi) is 5.14. The minimum absolute atomic E-state index is 0.335. The Labute approximate surface area is 161 Å². The zero-order chi connectivity index (χ0) is 18.9. The van der Waals surface area contributed by atoms with Gasteiger partial charge in [0.25, 0.3) is 0 Å². The average molecular weight is 387 g/mol. The molecular formula is C20H26N4O2S. The van der Waals surface area contributed by atoms with Crippen molar-refractivity contribution in [1.82, 2.24) is 14.3 Å². The molecule has 1 aromatic carbocycles. The van der Waals surface area contributed by atoms with Gasteiger partial charge in [0, 0.05) is 31.4 Å². The van der Waals surface area contributed by atoms with Crippen molar-refractivity contribution < 1.29 is 8.42 Å². The Morgan fingerprint density at radius 1 is 1.04 bits per heavy atom. The van der Waals surface area contributed by atoms with Crippen LogP contribution in [0.3, 0.4) is 0 Å². The highest BCUT2D eigenvalue weighted by atomic mass is 32.2. The lowest BCUT2D eigenvalue weighted by Crippen LogP contribution is -2.48. The number of piperidine rings is 1. The molecule has 1 aliphatic heterocycles. The average Bonchev–Trinajstić information content (AvgIpc) is 3.54. The van der Waals surface area contributed by atoms with E-state index in [0.29, 0.717) is 30.1 Å². The van der Waals surface area contributed by atoms with Crippen molar-refractivity contribution in [2.24, 2.45) is 0 Å². The van der Waals surface area contributed by atoms with Crippen molar-refractivity contribution >= 4 is 15.8 Å². The summed E-state index contributed by atoms with van der Waals surface area (Å²) in [5, 5.41) is 0. The van der Waals surface area contributed by atoms with Gasteiger partial charge in [-0.25, -0.2) is 18.4 Å². The number of hydrogen-bond donors (Lipinski definition) is 0. The van der Waals surface area contributed by atoms with Crippen LogP contribution in [-0.2, 0) is 16.4 Å². The minimum Gasteiger partial charge on any atom is -0.350 e. The van der Waals surface area contributed by atoms with Gasteiger partial charge in [-0.15, -0.1) is 0 Å². The first-order chi connectivity index (χ1) is 13.1. The largest absolute Gasteiger partial charge is 0.350 e. The fraction of sp³-hybridized carbons (Fsp3) is 0.500. The molecule has 0 spiro atoms. The Morgan fingerprint density at radius 3 is 2.26 bits per heavy atom. The summed E-state index contributed by atoms with van der Waals surface area (Å²) in [5.74, 6) is 0.962. The van der Waals surface area contributed by atoms with Gasteiger partial charge in [0.05, 0.1) is 4.90 Å². The normalized spacial score (nSPS) is 19.1. The van der Waals surface area contributed by atoms with Crippen molar-refractivity contribution in [1.29, 1.82) is 0 Å². The maximum Gasteiger partial charge on any atom is 0.243 e. The Bertz CT molecular complexity index is 859. The van der Waals surface area contributed by atoms with Crippen LogP contribution in [0.5, 0.6) is 0 Å². The molecule has 1 aromatic heterocycles. The van der Waals surface area contributed by atoms with Gasteiger partial charge in [-0.1, -0.05) is 19.1 Å². The third-order valence-electron chi connectivity index (χ3n) is 5.56. The number of hydrogen-bond acceptors (Lipinski definition) is 5. The van der Waals surface area contributed by atoms with Crippen molar-refractivity contribution in [3.63, 3.8) is 0 Å². The molecule has 1 aliphatic carbocycles. The van der Waals surface area contributed by atoms with Crippen LogP contribution >= 0.6 is 0 Å². The SMILES string of the molecule is CCc1ccc(S(=O)(=O)N2CCC(N(c3ccncn3)C3CC3)CC2)cc1. The highest BCUT2D eigenvalue weighted by Crippen LogP contribution is 2.35. The number of rotatable bonds is 6. The molecule has 6 nitrogen and oxygen atoms in total. The molecule has 144 valence electrons. The first-order valence-electron chi connectivity index (χ1n) is 9.73. The van der Waals surface area contributed by atoms with Crippen molar-refractivity contribution in [2.45, 2.75) is 56.0 Å². The maximum absolute atomic E-state index is 13.0. The topological polar surface area (TPSA) is 66.4 Å². The molecule has 0 N–H and O–H groups in total. The number of aromatic nitrogens is 2. The van der Waals surface area contributed by atoms with Gasteiger partial charge < -0.3 is 4.90 Å². The summed E-state index contributed by atoms with van der Waals surface area (Å²) >= 11 is 0. The summed E-state index contributed by atoms with van der Waals surface area (Å²) in [6.45, 7) is 3.17. The number of sulfonamides is 1. The molecular weight excluding hydrogens is 360 g/mol. The smallest absolute Gasteiger partial charge is 0.243 e. The highest BCUT2D eigenvalue weighted by molar-refractivity contribution is 7.89. The third-order valence-corrected chi connectivity index (χ3v) is 7.47. The summed E-state index contributed by atoms with van der Waals surface area (Å²) < 4.78 is 27.6. The minimum atomic E-state index is -3.42. The van der Waals surface area contributed by atoms with Crippen molar-refractivity contribution in [3.8, 4) is 0 Å². The van der Waals surface area contributed by atoms with E-state index in [1.54, 1.807) is 29.0 Å². The second-order valence-electron chi connectivity index (χ2n) is 7.34. The molecule has 2 fully saturated rings. The highest BCUT2D eigenvalue weighted by Gasteiger charge is 2.38. The van der Waals surface area contributed by atoms with E-state index in [9.17, 15) is 8.42 Å². The van der Waals surface area contributed by atoms with Gasteiger partial charge in [0.15, 0.2) is 0 Å². The monoisotopic (exact) mass is 386 g/mol. The van der Waals surface area contributed by atoms with E-state index < -0.39 is 10.0 Å². The van der Waals surface area contributed by atoms with Crippen molar-refractivity contribution in [2.75, 3.05) is 18.0 Å². The van der Waals surface area contributed by atoms with E-state index >= 15 is 0 Å². The van der Waals surface area contributed by atoms with Gasteiger partial charge in [-0.3, -0.25) is 0 Å². The predicted octanol–water partition coefficient (Wildman–Crippen LogP) is 2.86. The number of benzene rings is 1.